The highest BCUT2D eigenvalue weighted by molar-refractivity contribution is 5.68. The Hall–Kier alpha value is -0.890. The normalized spacial score (nSPS) is 32.7. The second kappa shape index (κ2) is 6.51. The Labute approximate surface area is 112 Å². The summed E-state index contributed by atoms with van der Waals surface area (Å²) in [6.07, 6.45) is -0.399. The lowest BCUT2D eigenvalue weighted by atomic mass is 10.0. The molecule has 2 rings (SSSR count). The maximum atomic E-state index is 11.8. The summed E-state index contributed by atoms with van der Waals surface area (Å²) in [6, 6.07) is -0.393. The van der Waals surface area contributed by atoms with Crippen molar-refractivity contribution in [2.75, 3.05) is 19.8 Å². The fourth-order valence-electron chi connectivity index (χ4n) is 2.50. The lowest BCUT2D eigenvalue weighted by Gasteiger charge is -2.23. The van der Waals surface area contributed by atoms with Gasteiger partial charge in [0.15, 0.2) is 6.29 Å². The summed E-state index contributed by atoms with van der Waals surface area (Å²) in [5, 5.41) is 12.3. The highest BCUT2D eigenvalue weighted by Gasteiger charge is 2.44. The Morgan fingerprint density at radius 1 is 1.58 bits per heavy atom. The molecule has 2 aliphatic rings. The summed E-state index contributed by atoms with van der Waals surface area (Å²) in [4.78, 5) is 11.8. The first-order valence-electron chi connectivity index (χ1n) is 6.74. The Bertz CT molecular complexity index is 314. The number of nitrogens with one attached hydrogen (secondary N) is 1. The van der Waals surface area contributed by atoms with Crippen molar-refractivity contribution in [3.05, 3.63) is 0 Å². The van der Waals surface area contributed by atoms with Crippen LogP contribution in [-0.4, -0.2) is 55.5 Å². The predicted octanol–water partition coefficient (Wildman–Crippen LogP) is -0.428. The Balaban J connectivity index is 1.80. The van der Waals surface area contributed by atoms with E-state index in [9.17, 15) is 9.90 Å². The van der Waals surface area contributed by atoms with E-state index in [0.29, 0.717) is 19.6 Å². The topological polar surface area (TPSA) is 103 Å². The molecule has 19 heavy (non-hydrogen) atoms. The lowest BCUT2D eigenvalue weighted by Crippen LogP contribution is -2.47. The largest absolute Gasteiger partial charge is 0.443 e. The molecule has 0 aromatic heterocycles. The van der Waals surface area contributed by atoms with Crippen molar-refractivity contribution in [3.63, 3.8) is 0 Å². The summed E-state index contributed by atoms with van der Waals surface area (Å²) >= 11 is 0. The van der Waals surface area contributed by atoms with Crippen molar-refractivity contribution in [2.45, 2.75) is 44.3 Å². The van der Waals surface area contributed by atoms with Gasteiger partial charge in [-0.2, -0.15) is 0 Å². The number of fused-ring (bicyclic) bond motifs is 1. The number of aliphatic hydroxyl groups excluding tert-OH is 1. The molecule has 0 bridgehead atoms. The molecule has 0 aromatic rings. The molecule has 0 radical (unpaired) electrons. The molecule has 7 nitrogen and oxygen atoms in total. The molecule has 2 aliphatic heterocycles. The smallest absolute Gasteiger partial charge is 0.407 e. The van der Waals surface area contributed by atoms with Crippen LogP contribution in [0.3, 0.4) is 0 Å². The SMILES string of the molecule is CC[C@H](NC(=O)O[C@H]1CO[C@H]2OCC[C@H]21)[C@H](O)CN. The van der Waals surface area contributed by atoms with Crippen molar-refractivity contribution in [3.8, 4) is 0 Å². The summed E-state index contributed by atoms with van der Waals surface area (Å²) < 4.78 is 16.1. The number of hydrogen-bond donors (Lipinski definition) is 3. The van der Waals surface area contributed by atoms with Gasteiger partial charge in [-0.05, 0) is 12.8 Å². The number of amides is 1. The van der Waals surface area contributed by atoms with Gasteiger partial charge >= 0.3 is 6.09 Å². The number of nitrogens with two attached hydrogens (primary N) is 1. The minimum absolute atomic E-state index is 0.101. The van der Waals surface area contributed by atoms with Crippen molar-refractivity contribution in [1.29, 1.82) is 0 Å². The van der Waals surface area contributed by atoms with E-state index in [1.54, 1.807) is 0 Å². The van der Waals surface area contributed by atoms with E-state index in [-0.39, 0.29) is 24.9 Å². The third kappa shape index (κ3) is 3.36. The maximum Gasteiger partial charge on any atom is 0.407 e. The third-order valence-corrected chi connectivity index (χ3v) is 3.69. The molecule has 0 unspecified atom stereocenters. The van der Waals surface area contributed by atoms with Crippen LogP contribution in [0.4, 0.5) is 4.79 Å². The van der Waals surface area contributed by atoms with E-state index < -0.39 is 18.2 Å². The molecule has 2 fully saturated rings. The molecule has 0 spiro atoms. The zero-order chi connectivity index (χ0) is 13.8. The Morgan fingerprint density at radius 3 is 3.05 bits per heavy atom. The van der Waals surface area contributed by atoms with Gasteiger partial charge in [-0.15, -0.1) is 0 Å². The van der Waals surface area contributed by atoms with Gasteiger partial charge in [0.05, 0.1) is 31.3 Å². The second-order valence-electron chi connectivity index (χ2n) is 4.93. The van der Waals surface area contributed by atoms with E-state index in [4.69, 9.17) is 19.9 Å². The molecule has 2 saturated heterocycles. The summed E-state index contributed by atoms with van der Waals surface area (Å²) in [6.45, 7) is 2.96. The number of carbonyl (C=O) groups excluding carboxylic acids is 1. The number of ether oxygens (including phenoxy) is 3. The van der Waals surface area contributed by atoms with Crippen LogP contribution >= 0.6 is 0 Å². The van der Waals surface area contributed by atoms with Crippen LogP contribution in [0.2, 0.25) is 0 Å². The summed E-state index contributed by atoms with van der Waals surface area (Å²) in [7, 11) is 0. The van der Waals surface area contributed by atoms with Crippen LogP contribution in [0.15, 0.2) is 0 Å². The molecule has 110 valence electrons. The molecule has 0 aromatic carbocycles. The molecule has 5 atom stereocenters. The van der Waals surface area contributed by atoms with Gasteiger partial charge in [-0.1, -0.05) is 6.92 Å². The standard InChI is InChI=1S/C12H22N2O5/c1-2-8(9(15)5-13)14-12(16)19-10-6-18-11-7(10)3-4-17-11/h7-11,15H,2-6,13H2,1H3,(H,14,16)/t7-,8-,9+,10-,11+/m0/s1. The minimum atomic E-state index is -0.764. The van der Waals surface area contributed by atoms with Crippen LogP contribution in [0.1, 0.15) is 19.8 Å². The average molecular weight is 274 g/mol. The van der Waals surface area contributed by atoms with Crippen molar-refractivity contribution >= 4 is 6.09 Å². The molecule has 2 heterocycles. The lowest BCUT2D eigenvalue weighted by molar-refractivity contribution is -0.0907. The molecule has 0 saturated carbocycles. The van der Waals surface area contributed by atoms with Gasteiger partial charge in [0.25, 0.3) is 0 Å². The minimum Gasteiger partial charge on any atom is -0.443 e. The van der Waals surface area contributed by atoms with E-state index in [1.165, 1.54) is 0 Å². The van der Waals surface area contributed by atoms with Crippen LogP contribution in [0, 0.1) is 5.92 Å². The zero-order valence-electron chi connectivity index (χ0n) is 11.1. The predicted molar refractivity (Wildman–Crippen MR) is 66.3 cm³/mol. The Kier molecular flexibility index (Phi) is 4.98. The van der Waals surface area contributed by atoms with E-state index in [0.717, 1.165) is 6.42 Å². The number of carbonyl (C=O) groups is 1. The average Bonchev–Trinajstić information content (AvgIpc) is 3.00. The number of hydrogen-bond acceptors (Lipinski definition) is 6. The number of aliphatic hydroxyl groups is 1. The highest BCUT2D eigenvalue weighted by Crippen LogP contribution is 2.32. The molecule has 4 N–H and O–H groups in total. The van der Waals surface area contributed by atoms with Gasteiger partial charge in [0.1, 0.15) is 6.10 Å². The molecular weight excluding hydrogens is 252 g/mol. The Morgan fingerprint density at radius 2 is 2.37 bits per heavy atom. The first-order valence-corrected chi connectivity index (χ1v) is 6.74. The fraction of sp³-hybridized carbons (Fsp3) is 0.917. The third-order valence-electron chi connectivity index (χ3n) is 3.69. The molecule has 0 aliphatic carbocycles. The van der Waals surface area contributed by atoms with Crippen LogP contribution in [0.5, 0.6) is 0 Å². The van der Waals surface area contributed by atoms with E-state index in [2.05, 4.69) is 5.32 Å². The van der Waals surface area contributed by atoms with Crippen LogP contribution < -0.4 is 11.1 Å². The molecular formula is C12H22N2O5. The van der Waals surface area contributed by atoms with Gasteiger partial charge in [0, 0.05) is 6.54 Å². The molecule has 7 heteroatoms. The molecule has 1 amide bonds. The van der Waals surface area contributed by atoms with Gasteiger partial charge in [-0.3, -0.25) is 0 Å². The van der Waals surface area contributed by atoms with E-state index >= 15 is 0 Å². The van der Waals surface area contributed by atoms with Gasteiger partial charge in [0.2, 0.25) is 0 Å². The van der Waals surface area contributed by atoms with Gasteiger partial charge < -0.3 is 30.4 Å². The van der Waals surface area contributed by atoms with E-state index in [1.807, 2.05) is 6.92 Å². The number of alkyl carbamates (subject to hydrolysis) is 1. The monoisotopic (exact) mass is 274 g/mol. The summed E-state index contributed by atoms with van der Waals surface area (Å²) in [5.41, 5.74) is 5.38. The van der Waals surface area contributed by atoms with Crippen molar-refractivity contribution < 1.29 is 24.1 Å². The summed E-state index contributed by atoms with van der Waals surface area (Å²) in [5.74, 6) is 0.116. The van der Waals surface area contributed by atoms with Gasteiger partial charge in [-0.25, -0.2) is 4.79 Å². The zero-order valence-corrected chi connectivity index (χ0v) is 11.1. The van der Waals surface area contributed by atoms with Crippen LogP contribution in [0.25, 0.3) is 0 Å². The first-order chi connectivity index (χ1) is 9.15. The van der Waals surface area contributed by atoms with Crippen LogP contribution in [-0.2, 0) is 14.2 Å². The number of rotatable bonds is 5. The second-order valence-corrected chi connectivity index (χ2v) is 4.93. The first kappa shape index (κ1) is 14.5. The van der Waals surface area contributed by atoms with Crippen molar-refractivity contribution in [1.82, 2.24) is 5.32 Å². The van der Waals surface area contributed by atoms with Crippen molar-refractivity contribution in [2.24, 2.45) is 11.7 Å². The quantitative estimate of drug-likeness (QED) is 0.629. The fourth-order valence-corrected chi connectivity index (χ4v) is 2.50. The highest BCUT2D eigenvalue weighted by atomic mass is 16.7. The maximum absolute atomic E-state index is 11.8.